The Morgan fingerprint density at radius 3 is 2.80 bits per heavy atom. The van der Waals surface area contributed by atoms with Gasteiger partial charge in [-0.3, -0.25) is 4.79 Å². The Kier molecular flexibility index (Phi) is 5.90. The SMILES string of the molecule is O=C(Nc1cccc(Cl)c1)C1=NO[C@]2(CCCN(C(=O)NCc3ccccc3)C2)C1. The van der Waals surface area contributed by atoms with Gasteiger partial charge in [0.25, 0.3) is 5.91 Å². The minimum absolute atomic E-state index is 0.140. The van der Waals surface area contributed by atoms with E-state index in [4.69, 9.17) is 16.4 Å². The zero-order valence-electron chi connectivity index (χ0n) is 16.4. The number of carbonyl (C=O) groups is 2. The number of nitrogens with one attached hydrogen (secondary N) is 2. The number of urea groups is 1. The van der Waals surface area contributed by atoms with Gasteiger partial charge >= 0.3 is 6.03 Å². The first-order chi connectivity index (χ1) is 14.5. The second-order valence-electron chi connectivity index (χ2n) is 7.62. The zero-order valence-corrected chi connectivity index (χ0v) is 17.2. The molecule has 0 radical (unpaired) electrons. The molecule has 7 nitrogen and oxygen atoms in total. The molecule has 2 heterocycles. The van der Waals surface area contributed by atoms with Crippen molar-refractivity contribution in [3.63, 3.8) is 0 Å². The average molecular weight is 427 g/mol. The Balaban J connectivity index is 1.33. The Hall–Kier alpha value is -3.06. The Labute approximate surface area is 180 Å². The van der Waals surface area contributed by atoms with E-state index in [2.05, 4.69) is 15.8 Å². The molecule has 2 aromatic carbocycles. The van der Waals surface area contributed by atoms with Gasteiger partial charge in [0, 0.05) is 30.2 Å². The molecule has 1 atom stereocenters. The first-order valence-corrected chi connectivity index (χ1v) is 10.3. The van der Waals surface area contributed by atoms with Crippen molar-refractivity contribution in [1.29, 1.82) is 0 Å². The van der Waals surface area contributed by atoms with Crippen LogP contribution in [-0.4, -0.2) is 41.2 Å². The average Bonchev–Trinajstić information content (AvgIpc) is 3.16. The van der Waals surface area contributed by atoms with E-state index < -0.39 is 5.60 Å². The van der Waals surface area contributed by atoms with Crippen LogP contribution in [0.2, 0.25) is 5.02 Å². The Morgan fingerprint density at radius 1 is 1.17 bits per heavy atom. The number of likely N-dealkylation sites (tertiary alicyclic amines) is 1. The fraction of sp³-hybridized carbons (Fsp3) is 0.318. The van der Waals surface area contributed by atoms with E-state index in [0.717, 1.165) is 18.4 Å². The van der Waals surface area contributed by atoms with Crippen molar-refractivity contribution in [3.05, 3.63) is 65.2 Å². The predicted molar refractivity (Wildman–Crippen MR) is 115 cm³/mol. The van der Waals surface area contributed by atoms with Crippen molar-refractivity contribution in [2.24, 2.45) is 5.16 Å². The summed E-state index contributed by atoms with van der Waals surface area (Å²) in [4.78, 5) is 32.6. The van der Waals surface area contributed by atoms with Crippen LogP contribution in [-0.2, 0) is 16.2 Å². The lowest BCUT2D eigenvalue weighted by Gasteiger charge is -2.38. The van der Waals surface area contributed by atoms with Crippen LogP contribution in [0.25, 0.3) is 0 Å². The van der Waals surface area contributed by atoms with Crippen molar-refractivity contribution >= 4 is 34.9 Å². The monoisotopic (exact) mass is 426 g/mol. The maximum Gasteiger partial charge on any atom is 0.317 e. The number of rotatable bonds is 4. The highest BCUT2D eigenvalue weighted by atomic mass is 35.5. The minimum Gasteiger partial charge on any atom is -0.386 e. The van der Waals surface area contributed by atoms with Gasteiger partial charge in [-0.05, 0) is 36.6 Å². The fourth-order valence-corrected chi connectivity index (χ4v) is 3.98. The van der Waals surface area contributed by atoms with Crippen LogP contribution >= 0.6 is 11.6 Å². The molecule has 3 amide bonds. The summed E-state index contributed by atoms with van der Waals surface area (Å²) in [6, 6.07) is 16.6. The van der Waals surface area contributed by atoms with Gasteiger partial charge in [0.2, 0.25) is 0 Å². The van der Waals surface area contributed by atoms with Crippen LogP contribution in [0.15, 0.2) is 59.8 Å². The van der Waals surface area contributed by atoms with Crippen LogP contribution in [0, 0.1) is 0 Å². The lowest BCUT2D eigenvalue weighted by molar-refractivity contribution is -0.110. The van der Waals surface area contributed by atoms with Gasteiger partial charge in [0.1, 0.15) is 5.71 Å². The van der Waals surface area contributed by atoms with Crippen LogP contribution in [0.3, 0.4) is 0 Å². The van der Waals surface area contributed by atoms with E-state index in [1.54, 1.807) is 29.2 Å². The molecule has 2 N–H and O–H groups in total. The van der Waals surface area contributed by atoms with Gasteiger partial charge in [0.15, 0.2) is 5.60 Å². The summed E-state index contributed by atoms with van der Waals surface area (Å²) < 4.78 is 0. The van der Waals surface area contributed by atoms with Crippen molar-refractivity contribution in [1.82, 2.24) is 10.2 Å². The molecule has 2 aromatic rings. The molecule has 30 heavy (non-hydrogen) atoms. The summed E-state index contributed by atoms with van der Waals surface area (Å²) in [5, 5.41) is 10.3. The number of halogens is 1. The number of piperidine rings is 1. The third-order valence-corrected chi connectivity index (χ3v) is 5.53. The third kappa shape index (κ3) is 4.74. The topological polar surface area (TPSA) is 83.0 Å². The molecule has 0 unspecified atom stereocenters. The van der Waals surface area contributed by atoms with E-state index in [0.29, 0.717) is 42.5 Å². The van der Waals surface area contributed by atoms with Gasteiger partial charge in [-0.15, -0.1) is 0 Å². The summed E-state index contributed by atoms with van der Waals surface area (Å²) in [6.45, 7) is 1.51. The molecule has 0 bridgehead atoms. The molecular weight excluding hydrogens is 404 g/mol. The maximum atomic E-state index is 12.6. The normalized spacial score (nSPS) is 20.4. The van der Waals surface area contributed by atoms with Gasteiger partial charge < -0.3 is 20.4 Å². The first kappa shape index (κ1) is 20.2. The first-order valence-electron chi connectivity index (χ1n) is 9.92. The van der Waals surface area contributed by atoms with E-state index >= 15 is 0 Å². The number of hydrogen-bond acceptors (Lipinski definition) is 4. The minimum atomic E-state index is -0.649. The summed E-state index contributed by atoms with van der Waals surface area (Å²) in [5.41, 5.74) is 1.31. The quantitative estimate of drug-likeness (QED) is 0.780. The van der Waals surface area contributed by atoms with Crippen molar-refractivity contribution in [3.8, 4) is 0 Å². The zero-order chi connectivity index (χ0) is 21.0. The highest BCUT2D eigenvalue weighted by Gasteiger charge is 2.45. The molecule has 8 heteroatoms. The number of oxime groups is 1. The number of benzene rings is 2. The molecular formula is C22H23ClN4O3. The smallest absolute Gasteiger partial charge is 0.317 e. The molecule has 2 aliphatic rings. The molecule has 1 saturated heterocycles. The Morgan fingerprint density at radius 2 is 2.00 bits per heavy atom. The lowest BCUT2D eigenvalue weighted by Crippen LogP contribution is -2.53. The second kappa shape index (κ2) is 8.75. The summed E-state index contributed by atoms with van der Waals surface area (Å²) >= 11 is 5.97. The predicted octanol–water partition coefficient (Wildman–Crippen LogP) is 3.80. The van der Waals surface area contributed by atoms with E-state index in [9.17, 15) is 9.59 Å². The molecule has 0 aromatic heterocycles. The van der Waals surface area contributed by atoms with Crippen molar-refractivity contribution in [2.45, 2.75) is 31.4 Å². The summed E-state index contributed by atoms with van der Waals surface area (Å²) in [6.07, 6.45) is 1.90. The molecule has 0 aliphatic carbocycles. The highest BCUT2D eigenvalue weighted by molar-refractivity contribution is 6.43. The molecule has 0 saturated carbocycles. The van der Waals surface area contributed by atoms with E-state index in [-0.39, 0.29) is 11.9 Å². The largest absolute Gasteiger partial charge is 0.386 e. The number of nitrogens with zero attached hydrogens (tertiary/aromatic N) is 2. The van der Waals surface area contributed by atoms with Crippen LogP contribution in [0.5, 0.6) is 0 Å². The van der Waals surface area contributed by atoms with E-state index in [1.165, 1.54) is 0 Å². The highest BCUT2D eigenvalue weighted by Crippen LogP contribution is 2.33. The van der Waals surface area contributed by atoms with Crippen LogP contribution in [0.4, 0.5) is 10.5 Å². The number of anilines is 1. The van der Waals surface area contributed by atoms with Crippen molar-refractivity contribution < 1.29 is 14.4 Å². The molecule has 1 spiro atoms. The molecule has 1 fully saturated rings. The van der Waals surface area contributed by atoms with Gasteiger partial charge in [-0.25, -0.2) is 4.79 Å². The van der Waals surface area contributed by atoms with Crippen LogP contribution in [0.1, 0.15) is 24.8 Å². The summed E-state index contributed by atoms with van der Waals surface area (Å²) in [5.74, 6) is -0.320. The third-order valence-electron chi connectivity index (χ3n) is 5.30. The summed E-state index contributed by atoms with van der Waals surface area (Å²) in [7, 11) is 0. The van der Waals surface area contributed by atoms with Crippen LogP contribution < -0.4 is 10.6 Å². The maximum absolute atomic E-state index is 12.6. The van der Waals surface area contributed by atoms with Gasteiger partial charge in [-0.1, -0.05) is 53.2 Å². The molecule has 2 aliphatic heterocycles. The molecule has 4 rings (SSSR count). The van der Waals surface area contributed by atoms with E-state index in [1.807, 2.05) is 30.3 Å². The Bertz CT molecular complexity index is 966. The van der Waals surface area contributed by atoms with Gasteiger partial charge in [0.05, 0.1) is 6.54 Å². The number of hydrogen-bond donors (Lipinski definition) is 2. The van der Waals surface area contributed by atoms with Gasteiger partial charge in [-0.2, -0.15) is 0 Å². The number of carbonyl (C=O) groups excluding carboxylic acids is 2. The second-order valence-corrected chi connectivity index (χ2v) is 8.06. The number of amides is 3. The fourth-order valence-electron chi connectivity index (χ4n) is 3.79. The standard InChI is InChI=1S/C22H23ClN4O3/c23-17-8-4-9-18(12-17)25-20(28)19-13-22(30-26-19)10-5-11-27(15-22)21(29)24-14-16-6-2-1-3-7-16/h1-4,6-9,12H,5,10-11,13-15H2,(H,24,29)(H,25,28)/t22-/m1/s1. The van der Waals surface area contributed by atoms with Crippen molar-refractivity contribution in [2.75, 3.05) is 18.4 Å². The molecule has 156 valence electrons. The lowest BCUT2D eigenvalue weighted by atomic mass is 9.88.